The van der Waals surface area contributed by atoms with Gasteiger partial charge in [0.05, 0.1) is 15.7 Å². The van der Waals surface area contributed by atoms with Gasteiger partial charge in [-0.25, -0.2) is 9.37 Å². The molecule has 0 amide bonds. The number of thiazole rings is 1. The summed E-state index contributed by atoms with van der Waals surface area (Å²) in [5.41, 5.74) is 7.56. The number of benzene rings is 1. The number of rotatable bonds is 3. The molecule has 5 heteroatoms. The number of halogens is 2. The minimum absolute atomic E-state index is 0.104. The summed E-state index contributed by atoms with van der Waals surface area (Å²) in [5, 5.41) is 3.06. The molecule has 90 valence electrons. The topological polar surface area (TPSA) is 38.9 Å². The van der Waals surface area contributed by atoms with Crippen LogP contribution in [0.15, 0.2) is 23.6 Å². The van der Waals surface area contributed by atoms with E-state index in [0.29, 0.717) is 12.0 Å². The highest BCUT2D eigenvalue weighted by Gasteiger charge is 2.14. The molecule has 0 saturated heterocycles. The lowest BCUT2D eigenvalue weighted by Crippen LogP contribution is -2.14. The fourth-order valence-corrected chi connectivity index (χ4v) is 2.54. The smallest absolute Gasteiger partial charge is 0.142 e. The van der Waals surface area contributed by atoms with Crippen LogP contribution < -0.4 is 5.73 Å². The molecule has 0 aliphatic carbocycles. The van der Waals surface area contributed by atoms with Gasteiger partial charge in [-0.15, -0.1) is 11.3 Å². The van der Waals surface area contributed by atoms with Crippen molar-refractivity contribution in [1.82, 2.24) is 4.98 Å². The Hall–Kier alpha value is -0.970. The molecule has 1 aromatic heterocycles. The molecule has 2 aromatic rings. The summed E-state index contributed by atoms with van der Waals surface area (Å²) in [6, 6.07) is 4.35. The van der Waals surface area contributed by atoms with Crippen LogP contribution in [0.3, 0.4) is 0 Å². The highest BCUT2D eigenvalue weighted by molar-refractivity contribution is 7.09. The summed E-state index contributed by atoms with van der Waals surface area (Å²) in [7, 11) is 0. The zero-order valence-electron chi connectivity index (χ0n) is 9.28. The van der Waals surface area contributed by atoms with E-state index in [1.165, 1.54) is 6.07 Å². The SMILES string of the molecule is Cc1nc(CC(N)c2cccc(F)c2Cl)cs1. The highest BCUT2D eigenvalue weighted by Crippen LogP contribution is 2.26. The van der Waals surface area contributed by atoms with Crippen LogP contribution in [0.5, 0.6) is 0 Å². The molecule has 2 rings (SSSR count). The lowest BCUT2D eigenvalue weighted by molar-refractivity contribution is 0.618. The minimum atomic E-state index is -0.436. The van der Waals surface area contributed by atoms with Crippen LogP contribution in [-0.4, -0.2) is 4.98 Å². The van der Waals surface area contributed by atoms with Crippen molar-refractivity contribution in [3.63, 3.8) is 0 Å². The molecule has 0 bridgehead atoms. The quantitative estimate of drug-likeness (QED) is 0.927. The van der Waals surface area contributed by atoms with Gasteiger partial charge in [0.2, 0.25) is 0 Å². The fraction of sp³-hybridized carbons (Fsp3) is 0.250. The van der Waals surface area contributed by atoms with Gasteiger partial charge in [-0.05, 0) is 18.6 Å². The first-order chi connectivity index (χ1) is 8.08. The molecular formula is C12H12ClFN2S. The molecule has 0 radical (unpaired) electrons. The molecule has 2 nitrogen and oxygen atoms in total. The maximum Gasteiger partial charge on any atom is 0.142 e. The Bertz CT molecular complexity index is 527. The van der Waals surface area contributed by atoms with Crippen molar-refractivity contribution in [2.45, 2.75) is 19.4 Å². The molecule has 1 unspecified atom stereocenters. The average Bonchev–Trinajstić information content (AvgIpc) is 2.68. The molecular weight excluding hydrogens is 259 g/mol. The number of aryl methyl sites for hydroxylation is 1. The van der Waals surface area contributed by atoms with Gasteiger partial charge >= 0.3 is 0 Å². The Morgan fingerprint density at radius 3 is 2.94 bits per heavy atom. The predicted molar refractivity (Wildman–Crippen MR) is 68.9 cm³/mol. The Kier molecular flexibility index (Phi) is 3.76. The van der Waals surface area contributed by atoms with Gasteiger partial charge in [0.1, 0.15) is 5.82 Å². The van der Waals surface area contributed by atoms with Crippen molar-refractivity contribution < 1.29 is 4.39 Å². The lowest BCUT2D eigenvalue weighted by Gasteiger charge is -2.12. The van der Waals surface area contributed by atoms with Gasteiger partial charge < -0.3 is 5.73 Å². The van der Waals surface area contributed by atoms with Crippen molar-refractivity contribution in [2.24, 2.45) is 5.73 Å². The van der Waals surface area contributed by atoms with Crippen molar-refractivity contribution >= 4 is 22.9 Å². The summed E-state index contributed by atoms with van der Waals surface area (Å²) >= 11 is 7.46. The van der Waals surface area contributed by atoms with E-state index in [2.05, 4.69) is 4.98 Å². The van der Waals surface area contributed by atoms with Gasteiger partial charge in [0.15, 0.2) is 0 Å². The second kappa shape index (κ2) is 5.12. The third-order valence-electron chi connectivity index (χ3n) is 2.48. The summed E-state index contributed by atoms with van der Waals surface area (Å²) < 4.78 is 13.3. The molecule has 0 aliphatic rings. The van der Waals surface area contributed by atoms with Crippen molar-refractivity contribution in [2.75, 3.05) is 0 Å². The summed E-state index contributed by atoms with van der Waals surface area (Å²) in [5.74, 6) is -0.436. The fourth-order valence-electron chi connectivity index (χ4n) is 1.64. The van der Waals surface area contributed by atoms with Crippen LogP contribution in [0.2, 0.25) is 5.02 Å². The van der Waals surface area contributed by atoms with Gasteiger partial charge in [-0.2, -0.15) is 0 Å². The van der Waals surface area contributed by atoms with E-state index < -0.39 is 5.82 Å². The monoisotopic (exact) mass is 270 g/mol. The number of nitrogens with zero attached hydrogens (tertiary/aromatic N) is 1. The summed E-state index contributed by atoms with van der Waals surface area (Å²) in [6.45, 7) is 1.94. The van der Waals surface area contributed by atoms with Crippen molar-refractivity contribution in [1.29, 1.82) is 0 Å². The number of hydrogen-bond donors (Lipinski definition) is 1. The summed E-state index contributed by atoms with van der Waals surface area (Å²) in [6.07, 6.45) is 0.563. The van der Waals surface area contributed by atoms with Crippen LogP contribution in [0.4, 0.5) is 4.39 Å². The Labute approximate surface area is 108 Å². The van der Waals surface area contributed by atoms with E-state index in [0.717, 1.165) is 10.7 Å². The van der Waals surface area contributed by atoms with Crippen LogP contribution in [-0.2, 0) is 6.42 Å². The highest BCUT2D eigenvalue weighted by atomic mass is 35.5. The molecule has 0 aliphatic heterocycles. The van der Waals surface area contributed by atoms with E-state index in [4.69, 9.17) is 17.3 Å². The zero-order chi connectivity index (χ0) is 12.4. The normalized spacial score (nSPS) is 12.7. The maximum absolute atomic E-state index is 13.3. The predicted octanol–water partition coefficient (Wildman–Crippen LogP) is 3.49. The van der Waals surface area contributed by atoms with E-state index in [1.54, 1.807) is 23.5 Å². The van der Waals surface area contributed by atoms with Crippen LogP contribution in [0.25, 0.3) is 0 Å². The molecule has 0 spiro atoms. The van der Waals surface area contributed by atoms with Gasteiger partial charge in [0.25, 0.3) is 0 Å². The third-order valence-corrected chi connectivity index (χ3v) is 3.70. The standard InChI is InChI=1S/C12H12ClFN2S/c1-7-16-8(6-17-7)5-11(15)9-3-2-4-10(14)12(9)13/h2-4,6,11H,5,15H2,1H3. The first-order valence-corrected chi connectivity index (χ1v) is 6.44. The van der Waals surface area contributed by atoms with E-state index in [1.807, 2.05) is 12.3 Å². The van der Waals surface area contributed by atoms with Crippen LogP contribution >= 0.6 is 22.9 Å². The van der Waals surface area contributed by atoms with E-state index >= 15 is 0 Å². The van der Waals surface area contributed by atoms with E-state index in [-0.39, 0.29) is 11.1 Å². The van der Waals surface area contributed by atoms with Gasteiger partial charge in [-0.3, -0.25) is 0 Å². The molecule has 2 N–H and O–H groups in total. The van der Waals surface area contributed by atoms with Gasteiger partial charge in [-0.1, -0.05) is 23.7 Å². The van der Waals surface area contributed by atoms with E-state index in [9.17, 15) is 4.39 Å². The first kappa shape index (κ1) is 12.5. The number of hydrogen-bond acceptors (Lipinski definition) is 3. The zero-order valence-corrected chi connectivity index (χ0v) is 10.9. The second-order valence-electron chi connectivity index (χ2n) is 3.81. The molecule has 1 heterocycles. The Balaban J connectivity index is 2.20. The molecule has 17 heavy (non-hydrogen) atoms. The van der Waals surface area contributed by atoms with Crippen LogP contribution in [0.1, 0.15) is 22.3 Å². The lowest BCUT2D eigenvalue weighted by atomic mass is 10.0. The average molecular weight is 271 g/mol. The Morgan fingerprint density at radius 2 is 2.29 bits per heavy atom. The second-order valence-corrected chi connectivity index (χ2v) is 5.25. The summed E-state index contributed by atoms with van der Waals surface area (Å²) in [4.78, 5) is 4.33. The van der Waals surface area contributed by atoms with Gasteiger partial charge in [0, 0.05) is 17.8 Å². The molecule has 0 fully saturated rings. The largest absolute Gasteiger partial charge is 0.324 e. The molecule has 0 saturated carbocycles. The third kappa shape index (κ3) is 2.83. The maximum atomic E-state index is 13.3. The Morgan fingerprint density at radius 1 is 1.53 bits per heavy atom. The first-order valence-electron chi connectivity index (χ1n) is 5.18. The number of nitrogens with two attached hydrogens (primary N) is 1. The molecule has 1 atom stereocenters. The minimum Gasteiger partial charge on any atom is -0.324 e. The number of aromatic nitrogens is 1. The van der Waals surface area contributed by atoms with Crippen LogP contribution in [0, 0.1) is 12.7 Å². The van der Waals surface area contributed by atoms with Crippen molar-refractivity contribution in [3.05, 3.63) is 50.7 Å². The van der Waals surface area contributed by atoms with Crippen molar-refractivity contribution in [3.8, 4) is 0 Å². The molecule has 1 aromatic carbocycles.